The number of hydrogen-bond acceptors (Lipinski definition) is 5. The summed E-state index contributed by atoms with van der Waals surface area (Å²) in [6.07, 6.45) is 0. The first-order chi connectivity index (χ1) is 13.7. The van der Waals surface area contributed by atoms with Gasteiger partial charge in [0.25, 0.3) is 0 Å². The van der Waals surface area contributed by atoms with Crippen LogP contribution >= 0.6 is 0 Å². The molecule has 0 saturated carbocycles. The molecule has 5 heteroatoms. The van der Waals surface area contributed by atoms with E-state index >= 15 is 0 Å². The van der Waals surface area contributed by atoms with Gasteiger partial charge in [0.05, 0.1) is 18.5 Å². The Morgan fingerprint density at radius 3 is 2.39 bits per heavy atom. The largest absolute Gasteiger partial charge is 0.497 e. The number of nitrogens with one attached hydrogen (secondary N) is 1. The molecule has 3 aromatic carbocycles. The number of ether oxygens (including phenoxy) is 1. The molecule has 3 rings (SSSR count). The van der Waals surface area contributed by atoms with Crippen molar-refractivity contribution < 1.29 is 4.74 Å². The number of benzene rings is 3. The van der Waals surface area contributed by atoms with Gasteiger partial charge in [0.15, 0.2) is 0 Å². The van der Waals surface area contributed by atoms with Crippen molar-refractivity contribution in [2.45, 2.75) is 13.8 Å². The maximum absolute atomic E-state index is 5.42. The van der Waals surface area contributed by atoms with Gasteiger partial charge in [-0.1, -0.05) is 32.0 Å². The molecule has 1 N–H and O–H groups in total. The first-order valence-corrected chi connectivity index (χ1v) is 9.79. The monoisotopic (exact) mass is 376 g/mol. The number of methoxy groups -OCH3 is 1. The van der Waals surface area contributed by atoms with E-state index in [-0.39, 0.29) is 0 Å². The molecule has 146 valence electrons. The second-order valence-corrected chi connectivity index (χ2v) is 6.53. The summed E-state index contributed by atoms with van der Waals surface area (Å²) in [4.78, 5) is 2.40. The summed E-state index contributed by atoms with van der Waals surface area (Å²) < 4.78 is 5.42. The van der Waals surface area contributed by atoms with Gasteiger partial charge < -0.3 is 15.0 Å². The Morgan fingerprint density at radius 2 is 1.68 bits per heavy atom. The summed E-state index contributed by atoms with van der Waals surface area (Å²) in [5, 5.41) is 14.6. The number of nitrogens with zero attached hydrogens (tertiary/aromatic N) is 3. The molecular weight excluding hydrogens is 348 g/mol. The summed E-state index contributed by atoms with van der Waals surface area (Å²) in [5.74, 6) is 0.809. The van der Waals surface area contributed by atoms with E-state index < -0.39 is 0 Å². The molecule has 0 aliphatic carbocycles. The fourth-order valence-electron chi connectivity index (χ4n) is 3.18. The molecular formula is C23H28N4O. The average Bonchev–Trinajstić information content (AvgIpc) is 2.76. The Hall–Kier alpha value is -2.92. The van der Waals surface area contributed by atoms with Crippen LogP contribution in [0.3, 0.4) is 0 Å². The Balaban J connectivity index is 1.89. The maximum atomic E-state index is 5.42. The Labute approximate surface area is 167 Å². The zero-order chi connectivity index (χ0) is 19.8. The third kappa shape index (κ3) is 4.87. The lowest BCUT2D eigenvalue weighted by atomic mass is 10.1. The third-order valence-corrected chi connectivity index (χ3v) is 4.87. The molecule has 0 radical (unpaired) electrons. The summed E-state index contributed by atoms with van der Waals surface area (Å²) in [7, 11) is 1.68. The Kier molecular flexibility index (Phi) is 6.98. The molecule has 3 aromatic rings. The van der Waals surface area contributed by atoms with E-state index in [0.717, 1.165) is 59.8 Å². The number of likely N-dealkylation sites (N-methyl/N-ethyl adjacent to an activating group) is 1. The summed E-state index contributed by atoms with van der Waals surface area (Å²) >= 11 is 0. The number of hydrogen-bond donors (Lipinski definition) is 1. The van der Waals surface area contributed by atoms with Crippen LogP contribution in [0.4, 0.5) is 17.1 Å². The van der Waals surface area contributed by atoms with Gasteiger partial charge in [-0.25, -0.2) is 0 Å². The van der Waals surface area contributed by atoms with Gasteiger partial charge in [-0.15, -0.1) is 5.11 Å². The van der Waals surface area contributed by atoms with Gasteiger partial charge in [-0.05, 0) is 55.6 Å². The molecule has 0 aliphatic rings. The smallest absolute Gasteiger partial charge is 0.119 e. The van der Waals surface area contributed by atoms with Crippen LogP contribution in [0, 0.1) is 0 Å². The summed E-state index contributed by atoms with van der Waals surface area (Å²) in [5.41, 5.74) is 2.76. The van der Waals surface area contributed by atoms with Crippen molar-refractivity contribution in [1.29, 1.82) is 0 Å². The van der Waals surface area contributed by atoms with Crippen LogP contribution in [0.1, 0.15) is 13.8 Å². The van der Waals surface area contributed by atoms with Gasteiger partial charge in [0.2, 0.25) is 0 Å². The van der Waals surface area contributed by atoms with Gasteiger partial charge in [-0.3, -0.25) is 0 Å². The van der Waals surface area contributed by atoms with Crippen molar-refractivity contribution in [3.8, 4) is 5.75 Å². The normalized spacial score (nSPS) is 11.4. The van der Waals surface area contributed by atoms with E-state index in [2.05, 4.69) is 46.4 Å². The second kappa shape index (κ2) is 9.85. The highest BCUT2D eigenvalue weighted by Crippen LogP contribution is 2.35. The zero-order valence-corrected chi connectivity index (χ0v) is 16.9. The van der Waals surface area contributed by atoms with Crippen molar-refractivity contribution in [3.05, 3.63) is 60.7 Å². The molecule has 0 spiro atoms. The number of fused-ring (bicyclic) bond motifs is 1. The van der Waals surface area contributed by atoms with Crippen molar-refractivity contribution in [3.63, 3.8) is 0 Å². The lowest BCUT2D eigenvalue weighted by Crippen LogP contribution is -2.28. The lowest BCUT2D eigenvalue weighted by Gasteiger charge is -2.19. The van der Waals surface area contributed by atoms with Crippen molar-refractivity contribution in [2.24, 2.45) is 10.2 Å². The fraction of sp³-hybridized carbons (Fsp3) is 0.304. The summed E-state index contributed by atoms with van der Waals surface area (Å²) in [6.45, 7) is 8.42. The van der Waals surface area contributed by atoms with Crippen LogP contribution in [-0.2, 0) is 0 Å². The van der Waals surface area contributed by atoms with E-state index in [4.69, 9.17) is 4.74 Å². The highest BCUT2D eigenvalue weighted by molar-refractivity contribution is 6.01. The highest BCUT2D eigenvalue weighted by Gasteiger charge is 2.08. The van der Waals surface area contributed by atoms with Gasteiger partial charge in [-0.2, -0.15) is 5.11 Å². The molecule has 0 aromatic heterocycles. The average molecular weight is 377 g/mol. The summed E-state index contributed by atoms with van der Waals surface area (Å²) in [6, 6.07) is 19.9. The minimum atomic E-state index is 0.809. The van der Waals surface area contributed by atoms with Crippen LogP contribution < -0.4 is 10.1 Å². The van der Waals surface area contributed by atoms with E-state index in [1.165, 1.54) is 0 Å². The fourth-order valence-corrected chi connectivity index (χ4v) is 3.18. The van der Waals surface area contributed by atoms with E-state index in [0.29, 0.717) is 0 Å². The van der Waals surface area contributed by atoms with Gasteiger partial charge in [0, 0.05) is 29.5 Å². The van der Waals surface area contributed by atoms with Crippen LogP contribution in [0.5, 0.6) is 5.75 Å². The second-order valence-electron chi connectivity index (χ2n) is 6.53. The van der Waals surface area contributed by atoms with E-state index in [9.17, 15) is 0 Å². The van der Waals surface area contributed by atoms with E-state index in [1.807, 2.05) is 48.5 Å². The topological polar surface area (TPSA) is 49.2 Å². The van der Waals surface area contributed by atoms with Crippen LogP contribution in [-0.4, -0.2) is 38.2 Å². The van der Waals surface area contributed by atoms with Gasteiger partial charge in [0.1, 0.15) is 5.75 Å². The third-order valence-electron chi connectivity index (χ3n) is 4.87. The molecule has 0 saturated heterocycles. The quantitative estimate of drug-likeness (QED) is 0.465. The SMILES string of the molecule is CCN(CC)CCNc1ccc(N=Nc2ccccc2)c2cc(OC)ccc12. The molecule has 0 atom stereocenters. The standard InChI is InChI=1S/C23H28N4O/c1-4-27(5-2)16-15-24-22-13-14-23(26-25-18-9-7-6-8-10-18)21-17-19(28-3)11-12-20(21)22/h6-14,17,24H,4-5,15-16H2,1-3H3. The van der Waals surface area contributed by atoms with Crippen LogP contribution in [0.15, 0.2) is 70.9 Å². The highest BCUT2D eigenvalue weighted by atomic mass is 16.5. The van der Waals surface area contributed by atoms with E-state index in [1.54, 1.807) is 7.11 Å². The van der Waals surface area contributed by atoms with Crippen LogP contribution in [0.2, 0.25) is 0 Å². The molecule has 0 fully saturated rings. The Bertz CT molecular complexity index is 921. The number of azo groups is 1. The predicted molar refractivity (Wildman–Crippen MR) is 117 cm³/mol. The Morgan fingerprint density at radius 1 is 0.893 bits per heavy atom. The molecule has 28 heavy (non-hydrogen) atoms. The maximum Gasteiger partial charge on any atom is 0.119 e. The lowest BCUT2D eigenvalue weighted by molar-refractivity contribution is 0.316. The first-order valence-electron chi connectivity index (χ1n) is 9.79. The van der Waals surface area contributed by atoms with Crippen molar-refractivity contribution in [2.75, 3.05) is 38.6 Å². The minimum Gasteiger partial charge on any atom is -0.497 e. The van der Waals surface area contributed by atoms with Crippen molar-refractivity contribution >= 4 is 27.8 Å². The first kappa shape index (κ1) is 19.8. The molecule has 0 aliphatic heterocycles. The molecule has 0 amide bonds. The minimum absolute atomic E-state index is 0.809. The van der Waals surface area contributed by atoms with Crippen molar-refractivity contribution in [1.82, 2.24) is 4.90 Å². The predicted octanol–water partition coefficient (Wildman–Crippen LogP) is 6.02. The number of rotatable bonds is 9. The molecule has 0 heterocycles. The van der Waals surface area contributed by atoms with Gasteiger partial charge >= 0.3 is 0 Å². The zero-order valence-electron chi connectivity index (χ0n) is 16.9. The number of anilines is 1. The van der Waals surface area contributed by atoms with Crippen LogP contribution in [0.25, 0.3) is 10.8 Å². The molecule has 5 nitrogen and oxygen atoms in total. The molecule has 0 unspecified atom stereocenters. The molecule has 0 bridgehead atoms.